The van der Waals surface area contributed by atoms with Gasteiger partial charge in [0.15, 0.2) is 12.0 Å². The van der Waals surface area contributed by atoms with Crippen LogP contribution in [0.5, 0.6) is 5.75 Å². The lowest BCUT2D eigenvalue weighted by Crippen LogP contribution is -2.33. The van der Waals surface area contributed by atoms with E-state index in [4.69, 9.17) is 49.7 Å². The summed E-state index contributed by atoms with van der Waals surface area (Å²) in [5.74, 6) is -1.09. The monoisotopic (exact) mass is 987 g/mol. The highest BCUT2D eigenvalue weighted by molar-refractivity contribution is 6.00. The quantitative estimate of drug-likeness (QED) is 0.0158. The first-order chi connectivity index (χ1) is 33.9. The first-order valence-electron chi connectivity index (χ1n) is 23.8. The number of carbonyl (C=O) groups is 4. The van der Waals surface area contributed by atoms with Crippen LogP contribution in [-0.2, 0) is 46.0 Å². The smallest absolute Gasteiger partial charge is 0.407 e. The first-order valence-corrected chi connectivity index (χ1v) is 23.8. The number of nitrogens with two attached hydrogens (primary N) is 2. The summed E-state index contributed by atoms with van der Waals surface area (Å²) in [6.07, 6.45) is 1.28. The molecule has 0 saturated carbocycles. The molecule has 1 atom stereocenters. The number of amides is 2. The summed E-state index contributed by atoms with van der Waals surface area (Å²) >= 11 is 0. The molecule has 20 heteroatoms. The Morgan fingerprint density at radius 2 is 1.46 bits per heavy atom. The van der Waals surface area contributed by atoms with Crippen molar-refractivity contribution < 1.29 is 57.4 Å². The van der Waals surface area contributed by atoms with Crippen molar-refractivity contribution in [2.24, 2.45) is 27.1 Å². The van der Waals surface area contributed by atoms with E-state index in [0.717, 1.165) is 16.9 Å². The normalized spacial score (nSPS) is 13.8. The highest BCUT2D eigenvalue weighted by atomic mass is 16.6. The van der Waals surface area contributed by atoms with E-state index in [0.29, 0.717) is 126 Å². The topological polar surface area (TPSA) is 272 Å². The molecule has 1 aromatic heterocycles. The maximum absolute atomic E-state index is 12.9. The third-order valence-corrected chi connectivity index (χ3v) is 10.8. The largest absolute Gasteiger partial charge is 0.506 e. The lowest BCUT2D eigenvalue weighted by molar-refractivity contribution is -0.0145. The van der Waals surface area contributed by atoms with E-state index in [1.807, 2.05) is 17.7 Å². The Labute approximate surface area is 415 Å². The zero-order valence-corrected chi connectivity index (χ0v) is 41.8. The molecular weight excluding hydrogens is 917 g/mol. The number of aromatic nitrogens is 2. The number of alkyl carbamates (subject to hydrolysis) is 1. The van der Waals surface area contributed by atoms with Crippen molar-refractivity contribution in [3.05, 3.63) is 94.3 Å². The van der Waals surface area contributed by atoms with Crippen molar-refractivity contribution in [2.75, 3.05) is 84.5 Å². The fourth-order valence-electron chi connectivity index (χ4n) is 7.42. The summed E-state index contributed by atoms with van der Waals surface area (Å²) in [5.41, 5.74) is 16.7. The predicted molar refractivity (Wildman–Crippen MR) is 265 cm³/mol. The van der Waals surface area contributed by atoms with Crippen molar-refractivity contribution >= 4 is 40.8 Å². The van der Waals surface area contributed by atoms with E-state index in [1.54, 1.807) is 69.3 Å². The fraction of sp³-hybridized carbons (Fsp3) is 0.510. The number of ketones is 1. The molecular formula is C51H70N8O12. The third-order valence-electron chi connectivity index (χ3n) is 10.8. The highest BCUT2D eigenvalue weighted by Gasteiger charge is 2.36. The van der Waals surface area contributed by atoms with Crippen LogP contribution in [0.25, 0.3) is 5.69 Å². The standard InChI is InChI=1S/C51H70N8O12/c1-34-46-42(32-51(5,6)33-44(46)61)59(58-34)38-13-14-39(47(53)62)40(31-38)54-18-7-20-65-22-24-67-26-28-69-29-27-68-25-23-66-21-17-45(52)70-48(63)36-9-11-37(12-10-36)56-57-41-30-35(8-15-43(41)60)16-19-55-49(64)71-50(2,3)4/h8-15,30-31,45,54,60H,7,16-29,32-33,52H2,1-6H3,(H2,53,62)(H,55,64)/b57-56+. The second kappa shape index (κ2) is 27.4. The molecule has 5 rings (SSSR count). The number of ether oxygens (including phenoxy) is 7. The minimum Gasteiger partial charge on any atom is -0.506 e. The number of aryl methyl sites for hydroxylation is 1. The first kappa shape index (κ1) is 55.6. The zero-order valence-electron chi connectivity index (χ0n) is 41.8. The van der Waals surface area contributed by atoms with E-state index in [2.05, 4.69) is 34.7 Å². The van der Waals surface area contributed by atoms with E-state index >= 15 is 0 Å². The number of anilines is 1. The van der Waals surface area contributed by atoms with Crippen LogP contribution in [0.3, 0.4) is 0 Å². The molecule has 0 radical (unpaired) electrons. The highest BCUT2D eigenvalue weighted by Crippen LogP contribution is 2.37. The van der Waals surface area contributed by atoms with Crippen molar-refractivity contribution in [2.45, 2.75) is 85.5 Å². The zero-order chi connectivity index (χ0) is 51.4. The number of carbonyl (C=O) groups excluding carboxylic acids is 4. The third kappa shape index (κ3) is 18.8. The summed E-state index contributed by atoms with van der Waals surface area (Å²) in [7, 11) is 0. The molecule has 1 heterocycles. The second-order valence-electron chi connectivity index (χ2n) is 18.7. The van der Waals surface area contributed by atoms with Gasteiger partial charge in [-0.2, -0.15) is 10.2 Å². The number of hydrogen-bond donors (Lipinski definition) is 5. The lowest BCUT2D eigenvalue weighted by atomic mass is 9.75. The Kier molecular flexibility index (Phi) is 21.4. The average molecular weight is 987 g/mol. The van der Waals surface area contributed by atoms with Crippen molar-refractivity contribution in [3.8, 4) is 11.4 Å². The molecule has 7 N–H and O–H groups in total. The van der Waals surface area contributed by atoms with Crippen LogP contribution in [-0.4, -0.2) is 130 Å². The molecule has 1 aliphatic carbocycles. The second-order valence-corrected chi connectivity index (χ2v) is 18.7. The van der Waals surface area contributed by atoms with Gasteiger partial charge in [-0.15, -0.1) is 5.11 Å². The van der Waals surface area contributed by atoms with Crippen molar-refractivity contribution in [1.29, 1.82) is 0 Å². The molecule has 0 saturated heterocycles. The summed E-state index contributed by atoms with van der Waals surface area (Å²) in [4.78, 5) is 49.6. The van der Waals surface area contributed by atoms with Gasteiger partial charge in [0.1, 0.15) is 17.0 Å². The van der Waals surface area contributed by atoms with Crippen LogP contribution in [0.1, 0.15) is 102 Å². The number of phenols is 1. The molecule has 20 nitrogen and oxygen atoms in total. The fourth-order valence-corrected chi connectivity index (χ4v) is 7.42. The molecule has 3 aromatic carbocycles. The maximum atomic E-state index is 12.9. The molecule has 1 aliphatic rings. The van der Waals surface area contributed by atoms with Gasteiger partial charge in [-0.05, 0) is 113 Å². The van der Waals surface area contributed by atoms with Crippen LogP contribution in [0.2, 0.25) is 0 Å². The number of esters is 1. The number of primary amides is 1. The van der Waals surface area contributed by atoms with Crippen LogP contribution in [0.15, 0.2) is 70.9 Å². The number of Topliss-reactive ketones (excluding diaryl/α,β-unsaturated/α-hetero) is 1. The maximum Gasteiger partial charge on any atom is 0.407 e. The molecule has 71 heavy (non-hydrogen) atoms. The van der Waals surface area contributed by atoms with Gasteiger partial charge < -0.3 is 54.6 Å². The number of nitrogens with zero attached hydrogens (tertiary/aromatic N) is 4. The molecule has 386 valence electrons. The predicted octanol–water partition coefficient (Wildman–Crippen LogP) is 7.04. The van der Waals surface area contributed by atoms with Gasteiger partial charge in [0, 0.05) is 38.2 Å². The number of fused-ring (bicyclic) bond motifs is 1. The molecule has 4 aromatic rings. The Morgan fingerprint density at radius 1 is 0.831 bits per heavy atom. The number of rotatable bonds is 29. The van der Waals surface area contributed by atoms with Crippen molar-refractivity contribution in [1.82, 2.24) is 15.1 Å². The summed E-state index contributed by atoms with van der Waals surface area (Å²) in [6.45, 7) is 16.2. The van der Waals surface area contributed by atoms with Gasteiger partial charge >= 0.3 is 12.1 Å². The Hall–Kier alpha value is -6.29. The SMILES string of the molecule is Cc1nn(-c2ccc(C(N)=O)c(NCCCOCCOCCOCCOCCOCCC(N)OC(=O)c3ccc(/N=N/c4cc(CCNC(=O)OC(C)(C)C)ccc4O)cc3)c2)c2c1C(=O)CC(C)(C)C2. The molecule has 0 fully saturated rings. The summed E-state index contributed by atoms with van der Waals surface area (Å²) < 4.78 is 40.3. The van der Waals surface area contributed by atoms with Gasteiger partial charge in [-0.25, -0.2) is 14.3 Å². The van der Waals surface area contributed by atoms with Crippen LogP contribution in [0.4, 0.5) is 21.9 Å². The molecule has 0 bridgehead atoms. The summed E-state index contributed by atoms with van der Waals surface area (Å²) in [5, 5.41) is 29.3. The van der Waals surface area contributed by atoms with Gasteiger partial charge in [0.2, 0.25) is 0 Å². The average Bonchev–Trinajstić information content (AvgIpc) is 3.63. The molecule has 2 amide bonds. The number of benzene rings is 3. The van der Waals surface area contributed by atoms with Gasteiger partial charge in [0.05, 0.1) is 98.9 Å². The number of phenolic OH excluding ortho intramolecular Hbond substituents is 1. The molecule has 0 spiro atoms. The van der Waals surface area contributed by atoms with E-state index in [-0.39, 0.29) is 41.2 Å². The number of nitrogens with one attached hydrogen (secondary N) is 2. The van der Waals surface area contributed by atoms with E-state index in [9.17, 15) is 24.3 Å². The van der Waals surface area contributed by atoms with E-state index in [1.165, 1.54) is 6.07 Å². The molecule has 0 aliphatic heterocycles. The van der Waals surface area contributed by atoms with Crippen LogP contribution < -0.4 is 22.1 Å². The number of azo groups is 1. The van der Waals surface area contributed by atoms with Crippen molar-refractivity contribution in [3.63, 3.8) is 0 Å². The number of aromatic hydroxyl groups is 1. The summed E-state index contributed by atoms with van der Waals surface area (Å²) in [6, 6.07) is 16.5. The number of hydrogen-bond acceptors (Lipinski definition) is 17. The van der Waals surface area contributed by atoms with Crippen LogP contribution >= 0.6 is 0 Å². The minimum absolute atomic E-state index is 0.0548. The lowest BCUT2D eigenvalue weighted by Gasteiger charge is -2.29. The minimum atomic E-state index is -0.871. The Balaban J connectivity index is 0.841. The Morgan fingerprint density at radius 3 is 2.10 bits per heavy atom. The molecule has 1 unspecified atom stereocenters. The van der Waals surface area contributed by atoms with Gasteiger partial charge in [0.25, 0.3) is 5.91 Å². The van der Waals surface area contributed by atoms with E-state index < -0.39 is 29.8 Å². The van der Waals surface area contributed by atoms with Gasteiger partial charge in [-0.3, -0.25) is 15.3 Å². The van der Waals surface area contributed by atoms with Crippen LogP contribution in [0, 0.1) is 12.3 Å². The van der Waals surface area contributed by atoms with Gasteiger partial charge in [-0.1, -0.05) is 19.9 Å². The Bertz CT molecular complexity index is 2420.